The molecule has 0 unspecified atom stereocenters. The van der Waals surface area contributed by atoms with Gasteiger partial charge < -0.3 is 0 Å². The summed E-state index contributed by atoms with van der Waals surface area (Å²) in [6.07, 6.45) is -0.291. The standard InChI is InChI=1S/C15H11BrF2O/c1-9-4-2-5-10(15(9)16)14(19)8-11-12(17)6-3-7-13(11)18/h2-7H,8H2,1H3. The maximum absolute atomic E-state index is 13.5. The summed E-state index contributed by atoms with van der Waals surface area (Å²) >= 11 is 3.32. The molecule has 2 aromatic rings. The molecule has 0 spiro atoms. The number of carbonyl (C=O) groups is 1. The van der Waals surface area contributed by atoms with E-state index in [0.29, 0.717) is 10.0 Å². The third-order valence-corrected chi connectivity index (χ3v) is 3.94. The smallest absolute Gasteiger partial charge is 0.168 e. The second-order valence-corrected chi connectivity index (χ2v) is 5.03. The molecule has 0 aliphatic rings. The SMILES string of the molecule is Cc1cccc(C(=O)Cc2c(F)cccc2F)c1Br. The molecule has 0 aliphatic carbocycles. The van der Waals surface area contributed by atoms with E-state index in [2.05, 4.69) is 15.9 Å². The molecule has 0 saturated heterocycles. The lowest BCUT2D eigenvalue weighted by atomic mass is 10.0. The van der Waals surface area contributed by atoms with Gasteiger partial charge in [-0.15, -0.1) is 0 Å². The molecule has 0 amide bonds. The van der Waals surface area contributed by atoms with Gasteiger partial charge in [-0.3, -0.25) is 4.79 Å². The average molecular weight is 325 g/mol. The Kier molecular flexibility index (Phi) is 4.10. The molecule has 0 radical (unpaired) electrons. The van der Waals surface area contributed by atoms with Crippen molar-refractivity contribution in [3.63, 3.8) is 0 Å². The van der Waals surface area contributed by atoms with E-state index in [1.807, 2.05) is 13.0 Å². The van der Waals surface area contributed by atoms with Gasteiger partial charge in [0.2, 0.25) is 0 Å². The van der Waals surface area contributed by atoms with Gasteiger partial charge in [0.1, 0.15) is 11.6 Å². The number of aryl methyl sites for hydroxylation is 1. The Labute approximate surface area is 118 Å². The van der Waals surface area contributed by atoms with Crippen LogP contribution in [-0.2, 0) is 6.42 Å². The Morgan fingerprint density at radius 3 is 2.32 bits per heavy atom. The molecule has 0 saturated carbocycles. The van der Waals surface area contributed by atoms with Crippen molar-refractivity contribution >= 4 is 21.7 Å². The van der Waals surface area contributed by atoms with Gasteiger partial charge in [-0.1, -0.05) is 24.3 Å². The van der Waals surface area contributed by atoms with Crippen LogP contribution < -0.4 is 0 Å². The first-order chi connectivity index (χ1) is 9.00. The van der Waals surface area contributed by atoms with Crippen LogP contribution in [0.4, 0.5) is 8.78 Å². The quantitative estimate of drug-likeness (QED) is 0.762. The molecule has 0 heterocycles. The number of ketones is 1. The van der Waals surface area contributed by atoms with Gasteiger partial charge >= 0.3 is 0 Å². The lowest BCUT2D eigenvalue weighted by Gasteiger charge is -2.07. The van der Waals surface area contributed by atoms with Crippen molar-refractivity contribution in [2.75, 3.05) is 0 Å². The van der Waals surface area contributed by atoms with Crippen molar-refractivity contribution in [3.8, 4) is 0 Å². The zero-order chi connectivity index (χ0) is 14.0. The summed E-state index contributed by atoms with van der Waals surface area (Å²) < 4.78 is 27.7. The first-order valence-electron chi connectivity index (χ1n) is 5.72. The zero-order valence-electron chi connectivity index (χ0n) is 10.2. The van der Waals surface area contributed by atoms with E-state index < -0.39 is 11.6 Å². The zero-order valence-corrected chi connectivity index (χ0v) is 11.8. The molecule has 0 fully saturated rings. The fourth-order valence-electron chi connectivity index (χ4n) is 1.82. The van der Waals surface area contributed by atoms with Gasteiger partial charge in [0.05, 0.1) is 0 Å². The summed E-state index contributed by atoms with van der Waals surface area (Å²) in [4.78, 5) is 12.1. The van der Waals surface area contributed by atoms with Crippen LogP contribution in [0.25, 0.3) is 0 Å². The molecule has 0 atom stereocenters. The highest BCUT2D eigenvalue weighted by molar-refractivity contribution is 9.10. The largest absolute Gasteiger partial charge is 0.294 e. The Bertz CT molecular complexity index is 618. The predicted molar refractivity (Wildman–Crippen MR) is 73.3 cm³/mol. The van der Waals surface area contributed by atoms with Crippen LogP contribution >= 0.6 is 15.9 Å². The van der Waals surface area contributed by atoms with E-state index in [-0.39, 0.29) is 17.8 Å². The Balaban J connectivity index is 2.34. The van der Waals surface area contributed by atoms with Gasteiger partial charge in [0, 0.05) is 22.0 Å². The predicted octanol–water partition coefficient (Wildman–Crippen LogP) is 4.46. The fraction of sp³-hybridized carbons (Fsp3) is 0.133. The Hall–Kier alpha value is -1.55. The summed E-state index contributed by atoms with van der Waals surface area (Å²) in [7, 11) is 0. The Morgan fingerprint density at radius 2 is 1.68 bits per heavy atom. The second-order valence-electron chi connectivity index (χ2n) is 4.24. The highest BCUT2D eigenvalue weighted by atomic mass is 79.9. The Morgan fingerprint density at radius 1 is 1.11 bits per heavy atom. The van der Waals surface area contributed by atoms with Gasteiger partial charge in [-0.25, -0.2) is 8.78 Å². The minimum Gasteiger partial charge on any atom is -0.294 e. The molecule has 0 aromatic heterocycles. The van der Waals surface area contributed by atoms with Gasteiger partial charge in [-0.05, 0) is 40.5 Å². The summed E-state index contributed by atoms with van der Waals surface area (Å²) in [5.41, 5.74) is 1.14. The van der Waals surface area contributed by atoms with Crippen molar-refractivity contribution in [1.29, 1.82) is 0 Å². The molecule has 0 N–H and O–H groups in total. The van der Waals surface area contributed by atoms with Gasteiger partial charge in [0.15, 0.2) is 5.78 Å². The molecule has 0 bridgehead atoms. The first-order valence-corrected chi connectivity index (χ1v) is 6.51. The van der Waals surface area contributed by atoms with Crippen molar-refractivity contribution in [2.45, 2.75) is 13.3 Å². The fourth-order valence-corrected chi connectivity index (χ4v) is 2.31. The summed E-state index contributed by atoms with van der Waals surface area (Å²) in [5.74, 6) is -1.71. The number of hydrogen-bond acceptors (Lipinski definition) is 1. The maximum Gasteiger partial charge on any atom is 0.168 e. The maximum atomic E-state index is 13.5. The average Bonchev–Trinajstić information content (AvgIpc) is 2.37. The van der Waals surface area contributed by atoms with Crippen molar-refractivity contribution < 1.29 is 13.6 Å². The van der Waals surface area contributed by atoms with E-state index in [4.69, 9.17) is 0 Å². The van der Waals surface area contributed by atoms with Crippen LogP contribution in [0.2, 0.25) is 0 Å². The lowest BCUT2D eigenvalue weighted by molar-refractivity contribution is 0.0989. The van der Waals surface area contributed by atoms with E-state index >= 15 is 0 Å². The molecule has 19 heavy (non-hydrogen) atoms. The van der Waals surface area contributed by atoms with Crippen molar-refractivity contribution in [2.24, 2.45) is 0 Å². The van der Waals surface area contributed by atoms with Gasteiger partial charge in [0.25, 0.3) is 0 Å². The number of halogens is 3. The summed E-state index contributed by atoms with van der Waals surface area (Å²) in [6.45, 7) is 1.85. The number of rotatable bonds is 3. The molecular formula is C15H11BrF2O. The highest BCUT2D eigenvalue weighted by Gasteiger charge is 2.16. The monoisotopic (exact) mass is 324 g/mol. The molecule has 2 rings (SSSR count). The lowest BCUT2D eigenvalue weighted by Crippen LogP contribution is -2.08. The molecule has 98 valence electrons. The molecule has 0 aliphatic heterocycles. The molecule has 4 heteroatoms. The molecular weight excluding hydrogens is 314 g/mol. The van der Waals surface area contributed by atoms with E-state index in [1.54, 1.807) is 12.1 Å². The normalized spacial score (nSPS) is 10.5. The third-order valence-electron chi connectivity index (χ3n) is 2.89. The van der Waals surface area contributed by atoms with Crippen LogP contribution in [-0.4, -0.2) is 5.78 Å². The van der Waals surface area contributed by atoms with Crippen LogP contribution in [0, 0.1) is 18.6 Å². The second kappa shape index (κ2) is 5.61. The number of benzene rings is 2. The highest BCUT2D eigenvalue weighted by Crippen LogP contribution is 2.23. The number of Topliss-reactive ketones (excluding diaryl/α,β-unsaturated/α-hetero) is 1. The van der Waals surface area contributed by atoms with E-state index in [1.165, 1.54) is 6.07 Å². The molecule has 2 aromatic carbocycles. The molecule has 1 nitrogen and oxygen atoms in total. The van der Waals surface area contributed by atoms with Crippen LogP contribution in [0.5, 0.6) is 0 Å². The topological polar surface area (TPSA) is 17.1 Å². The summed E-state index contributed by atoms with van der Waals surface area (Å²) in [6, 6.07) is 8.81. The van der Waals surface area contributed by atoms with Gasteiger partial charge in [-0.2, -0.15) is 0 Å². The van der Waals surface area contributed by atoms with Crippen molar-refractivity contribution in [1.82, 2.24) is 0 Å². The van der Waals surface area contributed by atoms with Crippen LogP contribution in [0.15, 0.2) is 40.9 Å². The van der Waals surface area contributed by atoms with Crippen molar-refractivity contribution in [3.05, 3.63) is 69.2 Å². The number of carbonyl (C=O) groups excluding carboxylic acids is 1. The van der Waals surface area contributed by atoms with Crippen LogP contribution in [0.1, 0.15) is 21.5 Å². The minimum atomic E-state index is -0.697. The number of hydrogen-bond donors (Lipinski definition) is 0. The third kappa shape index (κ3) is 2.89. The van der Waals surface area contributed by atoms with E-state index in [0.717, 1.165) is 17.7 Å². The summed E-state index contributed by atoms with van der Waals surface area (Å²) in [5, 5.41) is 0. The minimum absolute atomic E-state index is 0.194. The van der Waals surface area contributed by atoms with Crippen LogP contribution in [0.3, 0.4) is 0 Å². The first kappa shape index (κ1) is 13.9. The van der Waals surface area contributed by atoms with E-state index in [9.17, 15) is 13.6 Å².